The fraction of sp³-hybridized carbons (Fsp3) is 0.370. The molecule has 0 unspecified atom stereocenters. The molecule has 4 nitrogen and oxygen atoms in total. The topological polar surface area (TPSA) is 63.2 Å². The molecular formula is C27H35BrN4. The molecule has 5 heteroatoms. The van der Waals surface area contributed by atoms with Gasteiger partial charge >= 0.3 is 0 Å². The Bertz CT molecular complexity index is 953. The van der Waals surface area contributed by atoms with E-state index < -0.39 is 0 Å². The second-order valence-electron chi connectivity index (χ2n) is 6.64. The van der Waals surface area contributed by atoms with Crippen molar-refractivity contribution in [1.82, 2.24) is 4.90 Å². The van der Waals surface area contributed by atoms with E-state index >= 15 is 0 Å². The Hall–Kier alpha value is -2.73. The lowest BCUT2D eigenvalue weighted by molar-refractivity contribution is 0.327. The number of halogens is 1. The summed E-state index contributed by atoms with van der Waals surface area (Å²) >= 11 is 3.51. The van der Waals surface area contributed by atoms with Crippen molar-refractivity contribution in [2.45, 2.75) is 41.0 Å². The molecule has 0 N–H and O–H groups in total. The minimum atomic E-state index is 0.518. The van der Waals surface area contributed by atoms with Crippen molar-refractivity contribution < 1.29 is 0 Å². The third kappa shape index (κ3) is 9.60. The van der Waals surface area contributed by atoms with Crippen molar-refractivity contribution in [3.8, 4) is 12.1 Å². The first-order chi connectivity index (χ1) is 15.5. The number of hydrogen-bond donors (Lipinski definition) is 0. The van der Waals surface area contributed by atoms with Crippen LogP contribution in [0.4, 0.5) is 0 Å². The van der Waals surface area contributed by atoms with Crippen LogP contribution in [0, 0.1) is 22.7 Å². The fourth-order valence-corrected chi connectivity index (χ4v) is 3.33. The lowest BCUT2D eigenvalue weighted by atomic mass is 9.94. The molecule has 1 aromatic carbocycles. The zero-order valence-corrected chi connectivity index (χ0v) is 21.8. The maximum absolute atomic E-state index is 9.39. The van der Waals surface area contributed by atoms with Gasteiger partial charge in [-0.25, -0.2) is 0 Å². The van der Waals surface area contributed by atoms with Crippen LogP contribution < -0.4 is 0 Å². The molecule has 0 fully saturated rings. The fourth-order valence-electron chi connectivity index (χ4n) is 3.10. The minimum Gasteiger partial charge on any atom is -0.296 e. The summed E-state index contributed by atoms with van der Waals surface area (Å²) in [6.07, 6.45) is 8.75. The van der Waals surface area contributed by atoms with Crippen LogP contribution in [0.25, 0.3) is 5.57 Å². The van der Waals surface area contributed by atoms with Crippen LogP contribution in [0.15, 0.2) is 63.6 Å². The summed E-state index contributed by atoms with van der Waals surface area (Å²) in [5.41, 5.74) is 5.35. The molecule has 1 aromatic rings. The first kappa shape index (κ1) is 29.3. The summed E-state index contributed by atoms with van der Waals surface area (Å²) in [4.78, 5) is 6.31. The Morgan fingerprint density at radius 2 is 1.91 bits per heavy atom. The molecule has 0 saturated carbocycles. The molecule has 2 rings (SSSR count). The molecule has 1 aliphatic rings. The van der Waals surface area contributed by atoms with Gasteiger partial charge in [0.15, 0.2) is 0 Å². The molecule has 32 heavy (non-hydrogen) atoms. The maximum Gasteiger partial charge on any atom is 0.0998 e. The second kappa shape index (κ2) is 16.9. The lowest BCUT2D eigenvalue weighted by Crippen LogP contribution is -2.30. The Morgan fingerprint density at radius 1 is 1.22 bits per heavy atom. The number of nitriles is 2. The Morgan fingerprint density at radius 3 is 2.44 bits per heavy atom. The molecule has 0 aromatic heterocycles. The van der Waals surface area contributed by atoms with Crippen molar-refractivity contribution in [3.63, 3.8) is 0 Å². The SMILES string of the molecule is C=C(/C=C(\C)CN1CC=C(c2ccc(C#N)cc2C#N)CC1)/C(Br)=C\C=NC.CC.CC. The highest BCUT2D eigenvalue weighted by Gasteiger charge is 2.16. The summed E-state index contributed by atoms with van der Waals surface area (Å²) in [7, 11) is 1.73. The van der Waals surface area contributed by atoms with Gasteiger partial charge in [0.1, 0.15) is 0 Å². The Kier molecular flexibility index (Phi) is 15.5. The molecule has 0 spiro atoms. The zero-order valence-electron chi connectivity index (χ0n) is 20.2. The first-order valence-electron chi connectivity index (χ1n) is 11.0. The molecular weight excluding hydrogens is 460 g/mol. The van der Waals surface area contributed by atoms with Gasteiger partial charge in [-0.15, -0.1) is 0 Å². The molecule has 0 atom stereocenters. The van der Waals surface area contributed by atoms with Crippen LogP contribution in [0.5, 0.6) is 0 Å². The van der Waals surface area contributed by atoms with Gasteiger partial charge in [0.05, 0.1) is 23.3 Å². The van der Waals surface area contributed by atoms with Gasteiger partial charge in [-0.05, 0) is 48.3 Å². The van der Waals surface area contributed by atoms with E-state index in [1.165, 1.54) is 11.1 Å². The number of nitrogens with zero attached hydrogens (tertiary/aromatic N) is 4. The molecule has 170 valence electrons. The second-order valence-corrected chi connectivity index (χ2v) is 7.49. The summed E-state index contributed by atoms with van der Waals surface area (Å²) in [5, 5.41) is 18.4. The summed E-state index contributed by atoms with van der Waals surface area (Å²) < 4.78 is 0.920. The van der Waals surface area contributed by atoms with Crippen molar-refractivity contribution >= 4 is 27.7 Å². The largest absolute Gasteiger partial charge is 0.296 e. The van der Waals surface area contributed by atoms with Crippen LogP contribution in [-0.4, -0.2) is 37.8 Å². The van der Waals surface area contributed by atoms with Crippen LogP contribution in [0.1, 0.15) is 57.7 Å². The van der Waals surface area contributed by atoms with Crippen LogP contribution in [0.2, 0.25) is 0 Å². The van der Waals surface area contributed by atoms with Crippen molar-refractivity contribution in [3.05, 3.63) is 75.3 Å². The smallest absolute Gasteiger partial charge is 0.0998 e. The third-order valence-corrected chi connectivity index (χ3v) is 5.25. The molecule has 0 amide bonds. The van der Waals surface area contributed by atoms with Gasteiger partial charge in [0.2, 0.25) is 0 Å². The number of hydrogen-bond acceptors (Lipinski definition) is 4. The van der Waals surface area contributed by atoms with Crippen LogP contribution >= 0.6 is 15.9 Å². The maximum atomic E-state index is 9.39. The van der Waals surface area contributed by atoms with Gasteiger partial charge in [-0.1, -0.05) is 74.0 Å². The lowest BCUT2D eigenvalue weighted by Gasteiger charge is -2.27. The van der Waals surface area contributed by atoms with Crippen LogP contribution in [0.3, 0.4) is 0 Å². The van der Waals surface area contributed by atoms with Gasteiger partial charge < -0.3 is 0 Å². The average Bonchev–Trinajstić information content (AvgIpc) is 2.84. The Balaban J connectivity index is 0.00000227. The van der Waals surface area contributed by atoms with Gasteiger partial charge in [0, 0.05) is 37.4 Å². The normalized spacial score (nSPS) is 14.2. The van der Waals surface area contributed by atoms with E-state index in [0.717, 1.165) is 41.7 Å². The minimum absolute atomic E-state index is 0.518. The average molecular weight is 496 g/mol. The molecule has 0 aliphatic carbocycles. The molecule has 1 aliphatic heterocycles. The molecule has 0 radical (unpaired) electrons. The highest BCUT2D eigenvalue weighted by Crippen LogP contribution is 2.26. The number of aliphatic imine (C=N–C) groups is 1. The quantitative estimate of drug-likeness (QED) is 0.314. The highest BCUT2D eigenvalue weighted by atomic mass is 79.9. The first-order valence-corrected chi connectivity index (χ1v) is 11.8. The monoisotopic (exact) mass is 494 g/mol. The van der Waals surface area contributed by atoms with E-state index in [0.29, 0.717) is 11.1 Å². The third-order valence-electron chi connectivity index (χ3n) is 4.48. The van der Waals surface area contributed by atoms with Crippen LogP contribution in [-0.2, 0) is 0 Å². The van der Waals surface area contributed by atoms with Crippen molar-refractivity contribution in [2.24, 2.45) is 4.99 Å². The molecule has 0 bridgehead atoms. The molecule has 0 saturated heterocycles. The van der Waals surface area contributed by atoms with E-state index in [2.05, 4.69) is 63.6 Å². The van der Waals surface area contributed by atoms with Gasteiger partial charge in [0.25, 0.3) is 0 Å². The van der Waals surface area contributed by atoms with E-state index in [4.69, 9.17) is 5.26 Å². The van der Waals surface area contributed by atoms with E-state index in [-0.39, 0.29) is 0 Å². The number of benzene rings is 1. The predicted octanol–water partition coefficient (Wildman–Crippen LogP) is 7.05. The van der Waals surface area contributed by atoms with E-state index in [9.17, 15) is 5.26 Å². The van der Waals surface area contributed by atoms with E-state index in [1.807, 2.05) is 39.8 Å². The summed E-state index contributed by atoms with van der Waals surface area (Å²) in [6, 6.07) is 9.63. The number of rotatable bonds is 6. The summed E-state index contributed by atoms with van der Waals surface area (Å²) in [6.45, 7) is 16.8. The molecule has 1 heterocycles. The highest BCUT2D eigenvalue weighted by molar-refractivity contribution is 9.12. The number of allylic oxidation sites excluding steroid dienone is 4. The predicted molar refractivity (Wildman–Crippen MR) is 142 cm³/mol. The Labute approximate surface area is 203 Å². The standard InChI is InChI=1S/C23H23BrN4.2C2H6/c1-17(12-18(2)23(24)6-9-27-3)16-28-10-7-20(8-11-28)22-5-4-19(14-25)13-21(22)15-26;2*1-2/h4-7,9,12-13H,2,8,10-11,16H2,1,3H3;2*1-2H3/b17-12+,23-6+,27-9?;;. The zero-order chi connectivity index (χ0) is 24.5. The van der Waals surface area contributed by atoms with Gasteiger partial charge in [-0.3, -0.25) is 9.89 Å². The summed E-state index contributed by atoms with van der Waals surface area (Å²) in [5.74, 6) is 0. The van der Waals surface area contributed by atoms with Crippen molar-refractivity contribution in [1.29, 1.82) is 10.5 Å². The van der Waals surface area contributed by atoms with E-state index in [1.54, 1.807) is 25.4 Å². The van der Waals surface area contributed by atoms with Gasteiger partial charge in [-0.2, -0.15) is 10.5 Å². The van der Waals surface area contributed by atoms with Crippen molar-refractivity contribution in [2.75, 3.05) is 26.7 Å².